The fourth-order valence-corrected chi connectivity index (χ4v) is 2.67. The average Bonchev–Trinajstić information content (AvgIpc) is 2.63. The van der Waals surface area contributed by atoms with Crippen molar-refractivity contribution in [1.29, 1.82) is 5.26 Å². The van der Waals surface area contributed by atoms with E-state index in [0.717, 1.165) is 11.3 Å². The number of halogens is 3. The molecule has 0 radical (unpaired) electrons. The third-order valence-corrected chi connectivity index (χ3v) is 3.92. The molecule has 0 aliphatic heterocycles. The summed E-state index contributed by atoms with van der Waals surface area (Å²) in [5, 5.41) is 9.08. The van der Waals surface area contributed by atoms with Crippen LogP contribution in [-0.4, -0.2) is 20.0 Å². The van der Waals surface area contributed by atoms with E-state index in [9.17, 15) is 13.2 Å². The third kappa shape index (κ3) is 5.17. The molecule has 0 N–H and O–H groups in total. The highest BCUT2D eigenvalue weighted by Crippen LogP contribution is 2.32. The van der Waals surface area contributed by atoms with E-state index in [-0.39, 0.29) is 12.2 Å². The first kappa shape index (κ1) is 20.2. The van der Waals surface area contributed by atoms with Gasteiger partial charge in [0.2, 0.25) is 0 Å². The maximum Gasteiger partial charge on any atom is 0.573 e. The Morgan fingerprint density at radius 1 is 1.15 bits per heavy atom. The van der Waals surface area contributed by atoms with Crippen molar-refractivity contribution in [3.63, 3.8) is 0 Å². The Hall–Kier alpha value is -3.14. The highest BCUT2D eigenvalue weighted by Gasteiger charge is 2.31. The van der Waals surface area contributed by atoms with Crippen molar-refractivity contribution in [2.75, 3.05) is 18.6 Å². The summed E-state index contributed by atoms with van der Waals surface area (Å²) in [6.07, 6.45) is -4.53. The molecule has 142 valence electrons. The lowest BCUT2D eigenvalue weighted by molar-refractivity contribution is -0.274. The Morgan fingerprint density at radius 2 is 1.78 bits per heavy atom. The maximum absolute atomic E-state index is 12.3. The number of hydrogen-bond donors (Lipinski definition) is 0. The SMILES string of the molecule is C=C(c1ccc(OC(F)(F)F)cc1)N(CC)c1cc(OC)ccc1CC#N. The summed E-state index contributed by atoms with van der Waals surface area (Å²) in [4.78, 5) is 1.88. The number of anilines is 1. The minimum atomic E-state index is -4.74. The van der Waals surface area contributed by atoms with Crippen LogP contribution >= 0.6 is 0 Å². The highest BCUT2D eigenvalue weighted by molar-refractivity contribution is 5.80. The molecule has 7 heteroatoms. The second-order valence-electron chi connectivity index (χ2n) is 5.59. The molecule has 0 aromatic heterocycles. The van der Waals surface area contributed by atoms with Gasteiger partial charge >= 0.3 is 6.36 Å². The number of ether oxygens (including phenoxy) is 2. The van der Waals surface area contributed by atoms with Crippen LogP contribution in [0.3, 0.4) is 0 Å². The van der Waals surface area contributed by atoms with Crippen molar-refractivity contribution >= 4 is 11.4 Å². The van der Waals surface area contributed by atoms with Crippen LogP contribution in [0.15, 0.2) is 49.0 Å². The van der Waals surface area contributed by atoms with E-state index < -0.39 is 6.36 Å². The van der Waals surface area contributed by atoms with Crippen LogP contribution in [0.25, 0.3) is 5.70 Å². The van der Waals surface area contributed by atoms with Crippen molar-refractivity contribution < 1.29 is 22.6 Å². The van der Waals surface area contributed by atoms with Crippen LogP contribution in [0.5, 0.6) is 11.5 Å². The minimum Gasteiger partial charge on any atom is -0.497 e. The molecule has 0 spiro atoms. The van der Waals surface area contributed by atoms with E-state index in [1.54, 1.807) is 13.2 Å². The van der Waals surface area contributed by atoms with Gasteiger partial charge < -0.3 is 14.4 Å². The molecule has 0 fully saturated rings. The zero-order valence-corrected chi connectivity index (χ0v) is 15.0. The van der Waals surface area contributed by atoms with Gasteiger partial charge in [-0.3, -0.25) is 0 Å². The zero-order chi connectivity index (χ0) is 20.0. The van der Waals surface area contributed by atoms with E-state index >= 15 is 0 Å². The van der Waals surface area contributed by atoms with Crippen molar-refractivity contribution in [2.45, 2.75) is 19.7 Å². The second kappa shape index (κ2) is 8.49. The Kier molecular flexibility index (Phi) is 6.35. The van der Waals surface area contributed by atoms with Crippen LogP contribution in [0.2, 0.25) is 0 Å². The Labute approximate surface area is 156 Å². The van der Waals surface area contributed by atoms with Gasteiger partial charge in [0.15, 0.2) is 0 Å². The number of methoxy groups -OCH3 is 1. The molecular formula is C20H19F3N2O2. The fraction of sp³-hybridized carbons (Fsp3) is 0.250. The molecule has 0 aliphatic rings. The highest BCUT2D eigenvalue weighted by atomic mass is 19.4. The normalized spacial score (nSPS) is 10.8. The standard InChI is InChI=1S/C20H19F3N2O2/c1-4-25(19-13-18(26-3)10-7-16(19)11-12-24)14(2)15-5-8-17(9-6-15)27-20(21,22)23/h5-10,13H,2,4,11H2,1,3H3. The predicted octanol–water partition coefficient (Wildman–Crippen LogP) is 5.16. The smallest absolute Gasteiger partial charge is 0.497 e. The van der Waals surface area contributed by atoms with Gasteiger partial charge in [0.25, 0.3) is 0 Å². The minimum absolute atomic E-state index is 0.210. The summed E-state index contributed by atoms with van der Waals surface area (Å²) < 4.78 is 46.1. The lowest BCUT2D eigenvalue weighted by Crippen LogP contribution is -2.22. The fourth-order valence-electron chi connectivity index (χ4n) is 2.67. The molecule has 2 rings (SSSR count). The molecule has 0 heterocycles. The van der Waals surface area contributed by atoms with Crippen molar-refractivity contribution in [2.24, 2.45) is 0 Å². The lowest BCUT2D eigenvalue weighted by atomic mass is 10.1. The van der Waals surface area contributed by atoms with Crippen LogP contribution in [0.4, 0.5) is 18.9 Å². The maximum atomic E-state index is 12.3. The number of rotatable bonds is 7. The summed E-state index contributed by atoms with van der Waals surface area (Å²) in [5.74, 6) is 0.334. The molecule has 0 atom stereocenters. The third-order valence-electron chi connectivity index (χ3n) is 3.92. The predicted molar refractivity (Wildman–Crippen MR) is 97.5 cm³/mol. The summed E-state index contributed by atoms with van der Waals surface area (Å²) in [5.41, 5.74) is 2.79. The van der Waals surface area contributed by atoms with Gasteiger partial charge in [-0.1, -0.05) is 12.6 Å². The molecule has 0 unspecified atom stereocenters. The molecule has 0 saturated heterocycles. The van der Waals surface area contributed by atoms with E-state index in [0.29, 0.717) is 23.6 Å². The molecule has 0 aliphatic carbocycles. The van der Waals surface area contributed by atoms with Crippen LogP contribution in [0, 0.1) is 11.3 Å². The van der Waals surface area contributed by atoms with Gasteiger partial charge in [-0.15, -0.1) is 13.2 Å². The molecule has 27 heavy (non-hydrogen) atoms. The molecular weight excluding hydrogens is 357 g/mol. The molecule has 0 amide bonds. The quantitative estimate of drug-likeness (QED) is 0.670. The first-order valence-corrected chi connectivity index (χ1v) is 8.15. The molecule has 4 nitrogen and oxygen atoms in total. The Balaban J connectivity index is 2.34. The first-order valence-electron chi connectivity index (χ1n) is 8.15. The summed E-state index contributed by atoms with van der Waals surface area (Å²) in [7, 11) is 1.55. The van der Waals surface area contributed by atoms with Gasteiger partial charge in [0.1, 0.15) is 11.5 Å². The Morgan fingerprint density at radius 3 is 2.30 bits per heavy atom. The molecule has 0 saturated carbocycles. The molecule has 2 aromatic carbocycles. The van der Waals surface area contributed by atoms with E-state index in [2.05, 4.69) is 17.4 Å². The average molecular weight is 376 g/mol. The largest absolute Gasteiger partial charge is 0.573 e. The van der Waals surface area contributed by atoms with Crippen LogP contribution in [0.1, 0.15) is 18.1 Å². The van der Waals surface area contributed by atoms with E-state index in [4.69, 9.17) is 10.00 Å². The number of nitrogens with zero attached hydrogens (tertiary/aromatic N) is 2. The van der Waals surface area contributed by atoms with Gasteiger partial charge in [0, 0.05) is 24.0 Å². The lowest BCUT2D eigenvalue weighted by Gasteiger charge is -2.28. The van der Waals surface area contributed by atoms with Crippen molar-refractivity contribution in [3.05, 3.63) is 60.2 Å². The summed E-state index contributed by atoms with van der Waals surface area (Å²) >= 11 is 0. The first-order chi connectivity index (χ1) is 12.8. The van der Waals surface area contributed by atoms with Crippen molar-refractivity contribution in [1.82, 2.24) is 0 Å². The Bertz CT molecular complexity index is 840. The van der Waals surface area contributed by atoms with Gasteiger partial charge in [-0.25, -0.2) is 0 Å². The summed E-state index contributed by atoms with van der Waals surface area (Å²) in [6.45, 7) is 6.54. The van der Waals surface area contributed by atoms with Gasteiger partial charge in [0.05, 0.1) is 19.6 Å². The van der Waals surface area contributed by atoms with Gasteiger partial charge in [-0.05, 0) is 48.4 Å². The number of benzene rings is 2. The topological polar surface area (TPSA) is 45.5 Å². The van der Waals surface area contributed by atoms with Crippen LogP contribution < -0.4 is 14.4 Å². The molecule has 2 aromatic rings. The number of hydrogen-bond acceptors (Lipinski definition) is 4. The van der Waals surface area contributed by atoms with Crippen molar-refractivity contribution in [3.8, 4) is 17.6 Å². The van der Waals surface area contributed by atoms with Gasteiger partial charge in [-0.2, -0.15) is 5.26 Å². The monoisotopic (exact) mass is 376 g/mol. The van der Waals surface area contributed by atoms with Crippen LogP contribution in [-0.2, 0) is 6.42 Å². The number of nitriles is 1. The zero-order valence-electron chi connectivity index (χ0n) is 15.0. The summed E-state index contributed by atoms with van der Waals surface area (Å²) in [6, 6.07) is 13.0. The number of alkyl halides is 3. The van der Waals surface area contributed by atoms with E-state index in [1.807, 2.05) is 24.0 Å². The second-order valence-corrected chi connectivity index (χ2v) is 5.59. The van der Waals surface area contributed by atoms with E-state index in [1.165, 1.54) is 24.3 Å². The molecule has 0 bridgehead atoms.